The van der Waals surface area contributed by atoms with Crippen LogP contribution in [0.3, 0.4) is 0 Å². The number of carbonyl (C=O) groups excluding carboxylic acids is 1. The molecule has 0 aliphatic carbocycles. The molecule has 0 radical (unpaired) electrons. The topological polar surface area (TPSA) is 32.7 Å². The molecule has 1 amide bonds. The van der Waals surface area contributed by atoms with Gasteiger partial charge < -0.3 is 0 Å². The van der Waals surface area contributed by atoms with Gasteiger partial charge in [0.05, 0.1) is 11.4 Å². The second-order valence-corrected chi connectivity index (χ2v) is 7.29. The highest BCUT2D eigenvalue weighted by Crippen LogP contribution is 2.36. The van der Waals surface area contributed by atoms with Crippen LogP contribution < -0.4 is 4.90 Å². The Balaban J connectivity index is 1.55. The standard InChI is InChI=1S/C24H16N2OS/c27-24-23(25-19-12-10-17(11-13-19)18-14-15-28-16-18)21-8-4-5-9-22(21)26(24)20-6-2-1-3-7-20/h1-16H/b25-23-. The number of benzene rings is 3. The van der Waals surface area contributed by atoms with Gasteiger partial charge in [-0.15, -0.1) is 0 Å². The Morgan fingerprint density at radius 3 is 2.25 bits per heavy atom. The first-order valence-corrected chi connectivity index (χ1v) is 9.96. The summed E-state index contributed by atoms with van der Waals surface area (Å²) in [6.45, 7) is 0. The lowest BCUT2D eigenvalue weighted by Gasteiger charge is -2.16. The Morgan fingerprint density at radius 2 is 1.50 bits per heavy atom. The van der Waals surface area contributed by atoms with Crippen LogP contribution in [0.5, 0.6) is 0 Å². The quantitative estimate of drug-likeness (QED) is 0.416. The molecule has 0 spiro atoms. The molecular weight excluding hydrogens is 364 g/mol. The van der Waals surface area contributed by atoms with Crippen LogP contribution in [0.2, 0.25) is 0 Å². The lowest BCUT2D eigenvalue weighted by Crippen LogP contribution is -2.25. The van der Waals surface area contributed by atoms with Gasteiger partial charge in [-0.25, -0.2) is 4.99 Å². The Bertz CT molecular complexity index is 1160. The number of anilines is 2. The molecule has 134 valence electrons. The van der Waals surface area contributed by atoms with E-state index in [1.54, 1.807) is 16.2 Å². The van der Waals surface area contributed by atoms with Gasteiger partial charge in [0, 0.05) is 11.3 Å². The van der Waals surface area contributed by atoms with Gasteiger partial charge >= 0.3 is 0 Å². The summed E-state index contributed by atoms with van der Waals surface area (Å²) in [5.41, 5.74) is 6.16. The van der Waals surface area contributed by atoms with Crippen molar-refractivity contribution in [3.8, 4) is 11.1 Å². The van der Waals surface area contributed by atoms with Gasteiger partial charge in [-0.3, -0.25) is 9.69 Å². The molecule has 3 aromatic carbocycles. The van der Waals surface area contributed by atoms with E-state index >= 15 is 0 Å². The first-order valence-electron chi connectivity index (χ1n) is 9.01. The lowest BCUT2D eigenvalue weighted by molar-refractivity contribution is -0.111. The third-order valence-electron chi connectivity index (χ3n) is 4.78. The number of thiophene rings is 1. The van der Waals surface area contributed by atoms with Crippen molar-refractivity contribution in [2.24, 2.45) is 4.99 Å². The largest absolute Gasteiger partial charge is 0.282 e. The van der Waals surface area contributed by atoms with Crippen LogP contribution in [-0.4, -0.2) is 11.6 Å². The number of para-hydroxylation sites is 2. The van der Waals surface area contributed by atoms with Crippen LogP contribution in [0.25, 0.3) is 11.1 Å². The fourth-order valence-electron chi connectivity index (χ4n) is 3.43. The molecule has 1 aliphatic heterocycles. The number of fused-ring (bicyclic) bond motifs is 1. The molecule has 3 nitrogen and oxygen atoms in total. The van der Waals surface area contributed by atoms with E-state index in [9.17, 15) is 4.79 Å². The molecule has 5 rings (SSSR count). The average Bonchev–Trinajstić information content (AvgIpc) is 3.37. The maximum atomic E-state index is 13.2. The van der Waals surface area contributed by atoms with Crippen molar-refractivity contribution in [2.45, 2.75) is 0 Å². The van der Waals surface area contributed by atoms with Crippen molar-refractivity contribution < 1.29 is 4.79 Å². The number of hydrogen-bond acceptors (Lipinski definition) is 3. The van der Waals surface area contributed by atoms with Crippen molar-refractivity contribution in [1.29, 1.82) is 0 Å². The minimum atomic E-state index is -0.102. The molecule has 1 aromatic heterocycles. The van der Waals surface area contributed by atoms with Gasteiger partial charge in [0.15, 0.2) is 0 Å². The molecule has 0 N–H and O–H groups in total. The molecule has 0 saturated heterocycles. The maximum absolute atomic E-state index is 13.2. The van der Waals surface area contributed by atoms with Crippen LogP contribution >= 0.6 is 11.3 Å². The smallest absolute Gasteiger partial charge is 0.275 e. The summed E-state index contributed by atoms with van der Waals surface area (Å²) in [6.07, 6.45) is 0. The maximum Gasteiger partial charge on any atom is 0.282 e. The Morgan fingerprint density at radius 1 is 0.750 bits per heavy atom. The molecule has 28 heavy (non-hydrogen) atoms. The zero-order chi connectivity index (χ0) is 18.9. The van der Waals surface area contributed by atoms with Crippen LogP contribution in [0, 0.1) is 0 Å². The van der Waals surface area contributed by atoms with E-state index in [2.05, 4.69) is 16.8 Å². The molecule has 4 heteroatoms. The summed E-state index contributed by atoms with van der Waals surface area (Å²) in [5.74, 6) is -0.102. The Kier molecular flexibility index (Phi) is 4.11. The number of aliphatic imine (C=N–C) groups is 1. The lowest BCUT2D eigenvalue weighted by atomic mass is 10.1. The molecular formula is C24H16N2OS. The van der Waals surface area contributed by atoms with Crippen molar-refractivity contribution >= 4 is 40.0 Å². The van der Waals surface area contributed by atoms with Crippen LogP contribution in [0.15, 0.2) is 101 Å². The summed E-state index contributed by atoms with van der Waals surface area (Å²) in [7, 11) is 0. The van der Waals surface area contributed by atoms with Crippen LogP contribution in [0.1, 0.15) is 5.56 Å². The SMILES string of the molecule is O=C1/C(=N\c2ccc(-c3ccsc3)cc2)c2ccccc2N1c1ccccc1. The summed E-state index contributed by atoms with van der Waals surface area (Å²) in [5, 5.41) is 4.19. The van der Waals surface area contributed by atoms with Gasteiger partial charge in [0.2, 0.25) is 0 Å². The summed E-state index contributed by atoms with van der Waals surface area (Å²) in [6, 6.07) is 27.6. The molecule has 0 fully saturated rings. The summed E-state index contributed by atoms with van der Waals surface area (Å²) < 4.78 is 0. The zero-order valence-electron chi connectivity index (χ0n) is 14.9. The predicted octanol–water partition coefficient (Wildman–Crippen LogP) is 6.21. The fraction of sp³-hybridized carbons (Fsp3) is 0. The highest BCUT2D eigenvalue weighted by Gasteiger charge is 2.34. The number of rotatable bonds is 3. The third kappa shape index (κ3) is 2.84. The van der Waals surface area contributed by atoms with E-state index in [0.29, 0.717) is 5.71 Å². The molecule has 1 aliphatic rings. The Labute approximate surface area is 167 Å². The fourth-order valence-corrected chi connectivity index (χ4v) is 4.09. The highest BCUT2D eigenvalue weighted by molar-refractivity contribution is 7.08. The van der Waals surface area contributed by atoms with Crippen molar-refractivity contribution in [3.63, 3.8) is 0 Å². The minimum Gasteiger partial charge on any atom is -0.275 e. The molecule has 0 bridgehead atoms. The first-order chi connectivity index (χ1) is 13.8. The van der Waals surface area contributed by atoms with E-state index in [1.807, 2.05) is 78.9 Å². The molecule has 2 heterocycles. The molecule has 4 aromatic rings. The average molecular weight is 380 g/mol. The van der Waals surface area contributed by atoms with E-state index in [1.165, 1.54) is 5.56 Å². The minimum absolute atomic E-state index is 0.102. The van der Waals surface area contributed by atoms with E-state index in [0.717, 1.165) is 28.2 Å². The second-order valence-electron chi connectivity index (χ2n) is 6.51. The monoisotopic (exact) mass is 380 g/mol. The van der Waals surface area contributed by atoms with Gasteiger partial charge in [0.1, 0.15) is 5.71 Å². The third-order valence-corrected chi connectivity index (χ3v) is 5.47. The number of carbonyl (C=O) groups is 1. The van der Waals surface area contributed by atoms with Crippen LogP contribution in [0.4, 0.5) is 17.1 Å². The number of amides is 1. The van der Waals surface area contributed by atoms with Gasteiger partial charge in [0.25, 0.3) is 5.91 Å². The zero-order valence-corrected chi connectivity index (χ0v) is 15.8. The van der Waals surface area contributed by atoms with Gasteiger partial charge in [-0.1, -0.05) is 48.5 Å². The predicted molar refractivity (Wildman–Crippen MR) is 116 cm³/mol. The van der Waals surface area contributed by atoms with Crippen LogP contribution in [-0.2, 0) is 4.79 Å². The van der Waals surface area contributed by atoms with Gasteiger partial charge in [-0.2, -0.15) is 11.3 Å². The number of nitrogens with zero attached hydrogens (tertiary/aromatic N) is 2. The van der Waals surface area contributed by atoms with E-state index < -0.39 is 0 Å². The molecule has 0 atom stereocenters. The van der Waals surface area contributed by atoms with E-state index in [4.69, 9.17) is 4.99 Å². The summed E-state index contributed by atoms with van der Waals surface area (Å²) in [4.78, 5) is 19.7. The van der Waals surface area contributed by atoms with Crippen molar-refractivity contribution in [3.05, 3.63) is 101 Å². The second kappa shape index (κ2) is 6.91. The first kappa shape index (κ1) is 16.7. The van der Waals surface area contributed by atoms with Crippen molar-refractivity contribution in [1.82, 2.24) is 0 Å². The normalized spacial score (nSPS) is 14.5. The number of hydrogen-bond donors (Lipinski definition) is 0. The van der Waals surface area contributed by atoms with E-state index in [-0.39, 0.29) is 5.91 Å². The summed E-state index contributed by atoms with van der Waals surface area (Å²) >= 11 is 1.68. The Hall–Kier alpha value is -3.50. The van der Waals surface area contributed by atoms with Crippen molar-refractivity contribution in [2.75, 3.05) is 4.90 Å². The van der Waals surface area contributed by atoms with Gasteiger partial charge in [-0.05, 0) is 58.3 Å². The molecule has 0 unspecified atom stereocenters. The molecule has 0 saturated carbocycles. The highest BCUT2D eigenvalue weighted by atomic mass is 32.1.